The zero-order valence-corrected chi connectivity index (χ0v) is 21.2. The molecule has 1 aliphatic rings. The number of ether oxygens (including phenoxy) is 3. The zero-order valence-electron chi connectivity index (χ0n) is 21.2. The summed E-state index contributed by atoms with van der Waals surface area (Å²) in [5, 5.41) is 11.2. The zero-order chi connectivity index (χ0) is 25.4. The van der Waals surface area contributed by atoms with Crippen molar-refractivity contribution in [1.29, 1.82) is 0 Å². The number of hydrogen-bond acceptors (Lipinski definition) is 6. The molecule has 0 bridgehead atoms. The average molecular weight is 493 g/mol. The predicted molar refractivity (Wildman–Crippen MR) is 140 cm³/mol. The molecular formula is C29H36N2O5. The lowest BCUT2D eigenvalue weighted by molar-refractivity contribution is -0.0646. The van der Waals surface area contributed by atoms with Gasteiger partial charge in [0, 0.05) is 38.4 Å². The molecule has 0 amide bonds. The van der Waals surface area contributed by atoms with Crippen molar-refractivity contribution in [3.05, 3.63) is 93.9 Å². The van der Waals surface area contributed by atoms with Gasteiger partial charge in [0.05, 0.1) is 19.8 Å². The fraction of sp³-hybridized carbons (Fsp3) is 0.414. The summed E-state index contributed by atoms with van der Waals surface area (Å²) in [5.41, 5.74) is 2.30. The van der Waals surface area contributed by atoms with Crippen LogP contribution in [-0.2, 0) is 17.8 Å². The first-order valence-corrected chi connectivity index (χ1v) is 12.5. The summed E-state index contributed by atoms with van der Waals surface area (Å²) in [5.74, 6) is 1.55. The number of aliphatic hydroxyl groups is 1. The van der Waals surface area contributed by atoms with Gasteiger partial charge in [-0.05, 0) is 55.7 Å². The van der Waals surface area contributed by atoms with Crippen molar-refractivity contribution in [3.8, 4) is 11.5 Å². The van der Waals surface area contributed by atoms with E-state index >= 15 is 0 Å². The van der Waals surface area contributed by atoms with Crippen LogP contribution in [0.2, 0.25) is 0 Å². The normalized spacial score (nSPS) is 18.5. The van der Waals surface area contributed by atoms with Crippen molar-refractivity contribution < 1.29 is 19.3 Å². The molecule has 1 aliphatic heterocycles. The lowest BCUT2D eigenvalue weighted by Gasteiger charge is -2.30. The molecule has 1 aromatic heterocycles. The molecule has 4 rings (SSSR count). The van der Waals surface area contributed by atoms with Gasteiger partial charge in [0.1, 0.15) is 23.7 Å². The van der Waals surface area contributed by atoms with E-state index < -0.39 is 5.60 Å². The number of hydrogen-bond donors (Lipinski definition) is 1. The molecular weight excluding hydrogens is 456 g/mol. The summed E-state index contributed by atoms with van der Waals surface area (Å²) < 4.78 is 19.2. The van der Waals surface area contributed by atoms with Crippen LogP contribution in [0.5, 0.6) is 11.5 Å². The smallest absolute Gasteiger partial charge is 0.250 e. The first kappa shape index (κ1) is 25.9. The number of nitrogens with zero attached hydrogens (tertiary/aromatic N) is 2. The van der Waals surface area contributed by atoms with E-state index in [1.807, 2.05) is 74.6 Å². The Labute approximate surface area is 212 Å². The van der Waals surface area contributed by atoms with E-state index in [2.05, 4.69) is 4.90 Å². The quantitative estimate of drug-likeness (QED) is 0.436. The number of benzene rings is 2. The molecule has 192 valence electrons. The van der Waals surface area contributed by atoms with Gasteiger partial charge in [0.2, 0.25) is 0 Å². The summed E-state index contributed by atoms with van der Waals surface area (Å²) in [6.07, 6.45) is 2.63. The lowest BCUT2D eigenvalue weighted by atomic mass is 10.1. The van der Waals surface area contributed by atoms with E-state index in [1.54, 1.807) is 10.6 Å². The van der Waals surface area contributed by atoms with Crippen LogP contribution in [0.3, 0.4) is 0 Å². The minimum absolute atomic E-state index is 0.0116. The van der Waals surface area contributed by atoms with Crippen LogP contribution in [0.4, 0.5) is 0 Å². The van der Waals surface area contributed by atoms with Crippen LogP contribution in [0.15, 0.2) is 71.7 Å². The van der Waals surface area contributed by atoms with E-state index in [0.29, 0.717) is 32.8 Å². The van der Waals surface area contributed by atoms with Gasteiger partial charge in [-0.25, -0.2) is 0 Å². The molecule has 0 spiro atoms. The number of β-amino-alcohol motifs (C(OH)–C–C–N with tert-alkyl or cyclic N) is 1. The fourth-order valence-electron chi connectivity index (χ4n) is 4.27. The molecule has 36 heavy (non-hydrogen) atoms. The minimum Gasteiger partial charge on any atom is -0.494 e. The highest BCUT2D eigenvalue weighted by Crippen LogP contribution is 2.20. The number of rotatable bonds is 10. The standard InChI is InChI=1S/C29H36N2O5/c1-23-4-9-27(10-5-23)36-22-29(33)20-30(15-17-34-21-29)19-25-7-11-26(12-8-25)35-16-3-14-31-18-24(2)6-13-28(31)32/h4-13,18,33H,3,14-17,19-22H2,1-2H3/t29-/m0/s1. The predicted octanol–water partition coefficient (Wildman–Crippen LogP) is 3.58. The van der Waals surface area contributed by atoms with Gasteiger partial charge < -0.3 is 23.9 Å². The first-order valence-electron chi connectivity index (χ1n) is 12.5. The second kappa shape index (κ2) is 12.2. The third kappa shape index (κ3) is 7.68. The maximum Gasteiger partial charge on any atom is 0.250 e. The molecule has 1 N–H and O–H groups in total. The maximum absolute atomic E-state index is 11.9. The van der Waals surface area contributed by atoms with E-state index in [1.165, 1.54) is 5.56 Å². The minimum atomic E-state index is -1.08. The molecule has 2 heterocycles. The fourth-order valence-corrected chi connectivity index (χ4v) is 4.27. The van der Waals surface area contributed by atoms with Gasteiger partial charge >= 0.3 is 0 Å². The molecule has 1 atom stereocenters. The van der Waals surface area contributed by atoms with Gasteiger partial charge in [0.15, 0.2) is 0 Å². The number of pyridine rings is 1. The summed E-state index contributed by atoms with van der Waals surface area (Å²) in [6, 6.07) is 19.3. The first-order chi connectivity index (χ1) is 17.4. The van der Waals surface area contributed by atoms with E-state index in [9.17, 15) is 9.90 Å². The Balaban J connectivity index is 1.24. The van der Waals surface area contributed by atoms with Crippen molar-refractivity contribution in [2.45, 2.75) is 39.0 Å². The molecule has 0 unspecified atom stereocenters. The topological polar surface area (TPSA) is 73.2 Å². The number of aryl methyl sites for hydroxylation is 3. The van der Waals surface area contributed by atoms with Gasteiger partial charge in [-0.1, -0.05) is 35.9 Å². The monoisotopic (exact) mass is 492 g/mol. The SMILES string of the molecule is Cc1ccc(OC[C@@]2(O)COCCN(Cc3ccc(OCCCn4cc(C)ccc4=O)cc3)C2)cc1. The molecule has 0 radical (unpaired) electrons. The largest absolute Gasteiger partial charge is 0.494 e. The summed E-state index contributed by atoms with van der Waals surface area (Å²) in [4.78, 5) is 14.1. The Kier molecular flexibility index (Phi) is 8.80. The van der Waals surface area contributed by atoms with Crippen LogP contribution >= 0.6 is 0 Å². The highest BCUT2D eigenvalue weighted by Gasteiger charge is 2.33. The molecule has 0 aliphatic carbocycles. The van der Waals surface area contributed by atoms with E-state index in [4.69, 9.17) is 14.2 Å². The Morgan fingerprint density at radius 3 is 2.42 bits per heavy atom. The summed E-state index contributed by atoms with van der Waals surface area (Å²) >= 11 is 0. The van der Waals surface area contributed by atoms with Crippen LogP contribution in [0.1, 0.15) is 23.1 Å². The van der Waals surface area contributed by atoms with Gasteiger partial charge in [0.25, 0.3) is 5.56 Å². The van der Waals surface area contributed by atoms with Crippen molar-refractivity contribution in [2.24, 2.45) is 0 Å². The van der Waals surface area contributed by atoms with Gasteiger partial charge in [-0.15, -0.1) is 0 Å². The molecule has 1 saturated heterocycles. The Bertz CT molecular complexity index is 1160. The molecule has 7 nitrogen and oxygen atoms in total. The van der Waals surface area contributed by atoms with Crippen molar-refractivity contribution in [3.63, 3.8) is 0 Å². The van der Waals surface area contributed by atoms with Gasteiger partial charge in [-0.2, -0.15) is 0 Å². The van der Waals surface area contributed by atoms with E-state index in [0.717, 1.165) is 35.6 Å². The van der Waals surface area contributed by atoms with Crippen molar-refractivity contribution >= 4 is 0 Å². The Morgan fingerprint density at radius 1 is 0.944 bits per heavy atom. The highest BCUT2D eigenvalue weighted by atomic mass is 16.5. The molecule has 0 saturated carbocycles. The Hall–Kier alpha value is -3.13. The molecule has 7 heteroatoms. The second-order valence-electron chi connectivity index (χ2n) is 9.67. The van der Waals surface area contributed by atoms with Crippen LogP contribution < -0.4 is 15.0 Å². The van der Waals surface area contributed by atoms with Crippen LogP contribution in [-0.4, -0.2) is 59.7 Å². The van der Waals surface area contributed by atoms with Gasteiger partial charge in [-0.3, -0.25) is 9.69 Å². The Morgan fingerprint density at radius 2 is 1.64 bits per heavy atom. The summed E-state index contributed by atoms with van der Waals surface area (Å²) in [7, 11) is 0. The number of aromatic nitrogens is 1. The molecule has 3 aromatic rings. The van der Waals surface area contributed by atoms with Crippen LogP contribution in [0, 0.1) is 13.8 Å². The van der Waals surface area contributed by atoms with Crippen LogP contribution in [0.25, 0.3) is 0 Å². The van der Waals surface area contributed by atoms with E-state index in [-0.39, 0.29) is 18.8 Å². The van der Waals surface area contributed by atoms with Crippen molar-refractivity contribution in [1.82, 2.24) is 9.47 Å². The third-order valence-corrected chi connectivity index (χ3v) is 6.24. The van der Waals surface area contributed by atoms with Crippen molar-refractivity contribution in [2.75, 3.05) is 39.5 Å². The molecule has 1 fully saturated rings. The highest BCUT2D eigenvalue weighted by molar-refractivity contribution is 5.28. The summed E-state index contributed by atoms with van der Waals surface area (Å²) in [6.45, 7) is 8.08. The second-order valence-corrected chi connectivity index (χ2v) is 9.67. The molecule has 2 aromatic carbocycles. The lowest BCUT2D eigenvalue weighted by Crippen LogP contribution is -2.48. The maximum atomic E-state index is 11.9. The third-order valence-electron chi connectivity index (χ3n) is 6.24. The average Bonchev–Trinajstić information content (AvgIpc) is 3.05.